The van der Waals surface area contributed by atoms with Crippen molar-refractivity contribution in [2.24, 2.45) is 0 Å². The number of amides is 1. The summed E-state index contributed by atoms with van der Waals surface area (Å²) in [6.45, 7) is 1.59. The molecular formula is C12H10ClFN2OS. The van der Waals surface area contributed by atoms with Gasteiger partial charge >= 0.3 is 0 Å². The van der Waals surface area contributed by atoms with Crippen LogP contribution < -0.4 is 5.32 Å². The van der Waals surface area contributed by atoms with E-state index >= 15 is 0 Å². The number of carbonyl (C=O) groups is 1. The highest BCUT2D eigenvalue weighted by atomic mass is 35.5. The van der Waals surface area contributed by atoms with E-state index in [1.165, 1.54) is 23.5 Å². The van der Waals surface area contributed by atoms with Crippen LogP contribution in [0, 0.1) is 5.82 Å². The number of benzene rings is 1. The number of rotatable bonds is 3. The highest BCUT2D eigenvalue weighted by Gasteiger charge is 2.12. The summed E-state index contributed by atoms with van der Waals surface area (Å²) in [5.74, 6) is -0.588. The Morgan fingerprint density at radius 3 is 2.72 bits per heavy atom. The first-order chi connectivity index (χ1) is 8.56. The molecule has 18 heavy (non-hydrogen) atoms. The maximum absolute atomic E-state index is 12.8. The molecule has 0 fully saturated rings. The molecule has 1 heterocycles. The quantitative estimate of drug-likeness (QED) is 0.876. The molecule has 1 N–H and O–H groups in total. The van der Waals surface area contributed by atoms with Crippen LogP contribution in [0.2, 0.25) is 0 Å². The molecule has 0 aliphatic heterocycles. The smallest absolute Gasteiger partial charge is 0.243 e. The second kappa shape index (κ2) is 5.46. The number of hydrogen-bond acceptors (Lipinski definition) is 3. The SMILES string of the molecule is C[C@H](Cl)C(=O)Nc1nc(-c2ccc(F)cc2)cs1. The molecule has 0 spiro atoms. The van der Waals surface area contributed by atoms with Gasteiger partial charge < -0.3 is 5.32 Å². The minimum absolute atomic E-state index is 0.293. The monoisotopic (exact) mass is 284 g/mol. The summed E-state index contributed by atoms with van der Waals surface area (Å²) in [6.07, 6.45) is 0. The van der Waals surface area contributed by atoms with Gasteiger partial charge in [0.15, 0.2) is 5.13 Å². The summed E-state index contributed by atoms with van der Waals surface area (Å²) < 4.78 is 12.8. The summed E-state index contributed by atoms with van der Waals surface area (Å²) in [5, 5.41) is 4.27. The van der Waals surface area contributed by atoms with Gasteiger partial charge in [0.2, 0.25) is 5.91 Å². The molecular weight excluding hydrogens is 275 g/mol. The molecule has 2 aromatic rings. The summed E-state index contributed by atoms with van der Waals surface area (Å²) in [5.41, 5.74) is 1.49. The molecule has 0 unspecified atom stereocenters. The third-order valence-corrected chi connectivity index (χ3v) is 3.19. The zero-order valence-corrected chi connectivity index (χ0v) is 11.1. The van der Waals surface area contributed by atoms with Gasteiger partial charge in [0, 0.05) is 10.9 Å². The summed E-state index contributed by atoms with van der Waals surface area (Å²) in [7, 11) is 0. The van der Waals surface area contributed by atoms with Gasteiger partial charge in [-0.25, -0.2) is 9.37 Å². The molecule has 0 saturated heterocycles. The largest absolute Gasteiger partial charge is 0.301 e. The van der Waals surface area contributed by atoms with Crippen LogP contribution in [0.1, 0.15) is 6.92 Å². The first kappa shape index (κ1) is 13.0. The van der Waals surface area contributed by atoms with Crippen molar-refractivity contribution >= 4 is 34.0 Å². The number of thiazole rings is 1. The topological polar surface area (TPSA) is 42.0 Å². The van der Waals surface area contributed by atoms with Crippen LogP contribution >= 0.6 is 22.9 Å². The molecule has 0 saturated carbocycles. The van der Waals surface area contributed by atoms with Gasteiger partial charge in [-0.2, -0.15) is 0 Å². The van der Waals surface area contributed by atoms with Crippen LogP contribution in [0.3, 0.4) is 0 Å². The molecule has 1 amide bonds. The van der Waals surface area contributed by atoms with E-state index in [0.29, 0.717) is 10.8 Å². The molecule has 0 aliphatic carbocycles. The molecule has 2 rings (SSSR count). The van der Waals surface area contributed by atoms with E-state index in [2.05, 4.69) is 10.3 Å². The number of hydrogen-bond donors (Lipinski definition) is 1. The van der Waals surface area contributed by atoms with Crippen molar-refractivity contribution in [1.29, 1.82) is 0 Å². The number of nitrogens with zero attached hydrogens (tertiary/aromatic N) is 1. The predicted octanol–water partition coefficient (Wildman–Crippen LogP) is 3.52. The van der Waals surface area contributed by atoms with Gasteiger partial charge in [-0.3, -0.25) is 4.79 Å². The van der Waals surface area contributed by atoms with E-state index < -0.39 is 5.38 Å². The predicted molar refractivity (Wildman–Crippen MR) is 71.5 cm³/mol. The maximum atomic E-state index is 12.8. The van der Waals surface area contributed by atoms with Crippen LogP contribution in [0.4, 0.5) is 9.52 Å². The number of anilines is 1. The third kappa shape index (κ3) is 3.05. The lowest BCUT2D eigenvalue weighted by Crippen LogP contribution is -2.20. The molecule has 0 bridgehead atoms. The summed E-state index contributed by atoms with van der Waals surface area (Å²) in [4.78, 5) is 15.6. The Kier molecular flexibility index (Phi) is 3.93. The summed E-state index contributed by atoms with van der Waals surface area (Å²) >= 11 is 6.94. The normalized spacial score (nSPS) is 12.2. The zero-order valence-electron chi connectivity index (χ0n) is 9.48. The van der Waals surface area contributed by atoms with Crippen molar-refractivity contribution in [3.63, 3.8) is 0 Å². The number of alkyl halides is 1. The molecule has 1 aromatic carbocycles. The number of nitrogens with one attached hydrogen (secondary N) is 1. The second-order valence-electron chi connectivity index (χ2n) is 3.65. The van der Waals surface area contributed by atoms with Gasteiger partial charge in [0.25, 0.3) is 0 Å². The third-order valence-electron chi connectivity index (χ3n) is 2.24. The van der Waals surface area contributed by atoms with Crippen LogP contribution in [0.25, 0.3) is 11.3 Å². The van der Waals surface area contributed by atoms with Crippen molar-refractivity contribution in [3.8, 4) is 11.3 Å². The zero-order chi connectivity index (χ0) is 13.1. The van der Waals surface area contributed by atoms with E-state index in [1.54, 1.807) is 24.4 Å². The van der Waals surface area contributed by atoms with Crippen molar-refractivity contribution in [3.05, 3.63) is 35.5 Å². The first-order valence-electron chi connectivity index (χ1n) is 5.22. The van der Waals surface area contributed by atoms with Crippen LogP contribution in [0.5, 0.6) is 0 Å². The van der Waals surface area contributed by atoms with Gasteiger partial charge in [0.1, 0.15) is 11.2 Å². The Hall–Kier alpha value is -1.46. The highest BCUT2D eigenvalue weighted by Crippen LogP contribution is 2.25. The molecule has 6 heteroatoms. The number of aromatic nitrogens is 1. The minimum Gasteiger partial charge on any atom is -0.301 e. The van der Waals surface area contributed by atoms with Crippen LogP contribution in [-0.2, 0) is 4.79 Å². The molecule has 1 atom stereocenters. The molecule has 0 aliphatic rings. The minimum atomic E-state index is -0.608. The van der Waals surface area contributed by atoms with Gasteiger partial charge in [-0.15, -0.1) is 22.9 Å². The first-order valence-corrected chi connectivity index (χ1v) is 6.54. The Morgan fingerprint density at radius 2 is 2.11 bits per heavy atom. The van der Waals surface area contributed by atoms with Crippen LogP contribution in [-0.4, -0.2) is 16.3 Å². The highest BCUT2D eigenvalue weighted by molar-refractivity contribution is 7.14. The van der Waals surface area contributed by atoms with Gasteiger partial charge in [-0.1, -0.05) is 0 Å². The second-order valence-corrected chi connectivity index (χ2v) is 5.16. The summed E-state index contributed by atoms with van der Waals surface area (Å²) in [6, 6.07) is 6.02. The van der Waals surface area contributed by atoms with Gasteiger partial charge in [-0.05, 0) is 31.2 Å². The van der Waals surface area contributed by atoms with Crippen molar-refractivity contribution < 1.29 is 9.18 Å². The Labute approximate surface area is 113 Å². The van der Waals surface area contributed by atoms with E-state index in [-0.39, 0.29) is 11.7 Å². The van der Waals surface area contributed by atoms with Crippen molar-refractivity contribution in [1.82, 2.24) is 4.98 Å². The molecule has 1 aromatic heterocycles. The van der Waals surface area contributed by atoms with Crippen LogP contribution in [0.15, 0.2) is 29.6 Å². The average Bonchev–Trinajstić information content (AvgIpc) is 2.78. The Balaban J connectivity index is 2.15. The lowest BCUT2D eigenvalue weighted by atomic mass is 10.2. The lowest BCUT2D eigenvalue weighted by Gasteiger charge is -2.01. The fourth-order valence-electron chi connectivity index (χ4n) is 1.29. The van der Waals surface area contributed by atoms with E-state index in [0.717, 1.165) is 5.56 Å². The van der Waals surface area contributed by atoms with Gasteiger partial charge in [0.05, 0.1) is 5.69 Å². The lowest BCUT2D eigenvalue weighted by molar-refractivity contribution is -0.115. The Morgan fingerprint density at radius 1 is 1.44 bits per heavy atom. The maximum Gasteiger partial charge on any atom is 0.243 e. The standard InChI is InChI=1S/C12H10ClFN2OS/c1-7(13)11(17)16-12-15-10(6-18-12)8-2-4-9(14)5-3-8/h2-7H,1H3,(H,15,16,17)/t7-/m0/s1. The Bertz CT molecular complexity index is 553. The molecule has 3 nitrogen and oxygen atoms in total. The van der Waals surface area contributed by atoms with Crippen molar-refractivity contribution in [2.75, 3.05) is 5.32 Å². The van der Waals surface area contributed by atoms with E-state index in [1.807, 2.05) is 0 Å². The molecule has 0 radical (unpaired) electrons. The fraction of sp³-hybridized carbons (Fsp3) is 0.167. The van der Waals surface area contributed by atoms with Crippen molar-refractivity contribution in [2.45, 2.75) is 12.3 Å². The molecule has 94 valence electrons. The number of halogens is 2. The van der Waals surface area contributed by atoms with E-state index in [9.17, 15) is 9.18 Å². The average molecular weight is 285 g/mol. The van der Waals surface area contributed by atoms with E-state index in [4.69, 9.17) is 11.6 Å². The number of carbonyl (C=O) groups excluding carboxylic acids is 1. The fourth-order valence-corrected chi connectivity index (χ4v) is 2.07.